The minimum Gasteiger partial charge on any atom is -0.399 e. The zero-order valence-electron chi connectivity index (χ0n) is 12.9. The maximum Gasteiger partial charge on any atom is 0.0874 e. The van der Waals surface area contributed by atoms with Gasteiger partial charge in [0.05, 0.1) is 5.69 Å². The van der Waals surface area contributed by atoms with E-state index in [2.05, 4.69) is 34.6 Å². The van der Waals surface area contributed by atoms with Gasteiger partial charge in [-0.1, -0.05) is 42.3 Å². The van der Waals surface area contributed by atoms with Crippen molar-refractivity contribution in [3.8, 4) is 0 Å². The third kappa shape index (κ3) is 5.56. The number of nitrogens with zero attached hydrogens (tertiary/aromatic N) is 2. The molecule has 0 aliphatic carbocycles. The average Bonchev–Trinajstić information content (AvgIpc) is 2.54. The Hall–Kier alpha value is -2.36. The highest BCUT2D eigenvalue weighted by Gasteiger charge is 1.97. The van der Waals surface area contributed by atoms with Crippen molar-refractivity contribution >= 4 is 11.4 Å². The summed E-state index contributed by atoms with van der Waals surface area (Å²) >= 11 is 0. The van der Waals surface area contributed by atoms with E-state index in [4.69, 9.17) is 11.6 Å². The first-order chi connectivity index (χ1) is 10.8. The molecule has 0 saturated heterocycles. The minimum atomic E-state index is 0.801. The van der Waals surface area contributed by atoms with Crippen molar-refractivity contribution < 1.29 is 0 Å². The summed E-state index contributed by atoms with van der Waals surface area (Å²) in [5.74, 6) is 5.03. The standard InChI is InChI=1S/C18H24N4/c19-17-11-7-15(8-12-17)5-3-1-2-4-6-16-9-13-18(14-10-16)21-22-20/h7-14H,1-6,19H2,(H2,20,21). The first-order valence-electron chi connectivity index (χ1n) is 7.82. The van der Waals surface area contributed by atoms with Crippen LogP contribution >= 0.6 is 0 Å². The number of hydrogen-bond acceptors (Lipinski definition) is 3. The first-order valence-corrected chi connectivity index (χ1v) is 7.82. The van der Waals surface area contributed by atoms with E-state index < -0.39 is 0 Å². The summed E-state index contributed by atoms with van der Waals surface area (Å²) in [6.07, 6.45) is 7.24. The summed E-state index contributed by atoms with van der Waals surface area (Å²) in [4.78, 5) is 0. The van der Waals surface area contributed by atoms with E-state index in [-0.39, 0.29) is 0 Å². The predicted octanol–water partition coefficient (Wildman–Crippen LogP) is 4.57. The number of hydrogen-bond donors (Lipinski definition) is 2. The van der Waals surface area contributed by atoms with E-state index in [1.807, 2.05) is 24.3 Å². The van der Waals surface area contributed by atoms with Crippen LogP contribution in [0.4, 0.5) is 11.4 Å². The topological polar surface area (TPSA) is 76.8 Å². The Kier molecular flexibility index (Phi) is 6.42. The molecule has 0 bridgehead atoms. The molecule has 4 nitrogen and oxygen atoms in total. The predicted molar refractivity (Wildman–Crippen MR) is 91.9 cm³/mol. The highest BCUT2D eigenvalue weighted by Crippen LogP contribution is 2.16. The second-order valence-electron chi connectivity index (χ2n) is 5.54. The van der Waals surface area contributed by atoms with Gasteiger partial charge in [0.2, 0.25) is 0 Å². The summed E-state index contributed by atoms with van der Waals surface area (Å²) in [5.41, 5.74) is 10.0. The Balaban J connectivity index is 1.60. The van der Waals surface area contributed by atoms with Crippen molar-refractivity contribution in [2.45, 2.75) is 38.5 Å². The third-order valence-electron chi connectivity index (χ3n) is 3.77. The lowest BCUT2D eigenvalue weighted by atomic mass is 10.0. The third-order valence-corrected chi connectivity index (χ3v) is 3.77. The Labute approximate surface area is 132 Å². The summed E-state index contributed by atoms with van der Waals surface area (Å²) in [5, 5.41) is 7.08. The average molecular weight is 296 g/mol. The van der Waals surface area contributed by atoms with E-state index in [9.17, 15) is 0 Å². The van der Waals surface area contributed by atoms with E-state index in [1.165, 1.54) is 36.8 Å². The first kappa shape index (κ1) is 16.0. The molecule has 0 amide bonds. The van der Waals surface area contributed by atoms with Crippen molar-refractivity contribution in [3.63, 3.8) is 0 Å². The second kappa shape index (κ2) is 8.82. The monoisotopic (exact) mass is 296 g/mol. The fourth-order valence-corrected chi connectivity index (χ4v) is 2.49. The zero-order valence-corrected chi connectivity index (χ0v) is 12.9. The number of benzene rings is 2. The molecule has 4 N–H and O–H groups in total. The molecule has 0 heterocycles. The van der Waals surface area contributed by atoms with Crippen molar-refractivity contribution in [3.05, 3.63) is 59.7 Å². The van der Waals surface area contributed by atoms with Gasteiger partial charge in [0.25, 0.3) is 0 Å². The van der Waals surface area contributed by atoms with Crippen LogP contribution in [0.15, 0.2) is 58.9 Å². The lowest BCUT2D eigenvalue weighted by Crippen LogP contribution is -1.89. The smallest absolute Gasteiger partial charge is 0.0874 e. The highest BCUT2D eigenvalue weighted by molar-refractivity contribution is 5.39. The molecular formula is C18H24N4. The molecule has 0 atom stereocenters. The van der Waals surface area contributed by atoms with Gasteiger partial charge in [-0.2, -0.15) is 0 Å². The van der Waals surface area contributed by atoms with Crippen LogP contribution < -0.4 is 11.6 Å². The maximum atomic E-state index is 5.69. The number of nitrogens with two attached hydrogens (primary N) is 2. The van der Waals surface area contributed by atoms with E-state index in [0.717, 1.165) is 24.2 Å². The fraction of sp³-hybridized carbons (Fsp3) is 0.333. The molecule has 2 aromatic rings. The molecule has 2 rings (SSSR count). The van der Waals surface area contributed by atoms with Gasteiger partial charge in [0.1, 0.15) is 0 Å². The van der Waals surface area contributed by atoms with E-state index in [1.54, 1.807) is 0 Å². The van der Waals surface area contributed by atoms with Gasteiger partial charge in [-0.3, -0.25) is 0 Å². The number of aryl methyl sites for hydroxylation is 2. The summed E-state index contributed by atoms with van der Waals surface area (Å²) in [6, 6.07) is 16.3. The molecule has 0 radical (unpaired) electrons. The molecule has 0 aromatic heterocycles. The van der Waals surface area contributed by atoms with Crippen LogP contribution in [0.1, 0.15) is 36.8 Å². The van der Waals surface area contributed by atoms with Crippen LogP contribution in [0.5, 0.6) is 0 Å². The molecular weight excluding hydrogens is 272 g/mol. The number of anilines is 1. The van der Waals surface area contributed by atoms with Gasteiger partial charge in [0, 0.05) is 5.69 Å². The van der Waals surface area contributed by atoms with Gasteiger partial charge >= 0.3 is 0 Å². The molecule has 0 aliphatic heterocycles. The van der Waals surface area contributed by atoms with Crippen LogP contribution in [0.2, 0.25) is 0 Å². The summed E-state index contributed by atoms with van der Waals surface area (Å²) in [6.45, 7) is 0. The van der Waals surface area contributed by atoms with Crippen molar-refractivity contribution in [1.82, 2.24) is 0 Å². The normalized spacial score (nSPS) is 11.1. The second-order valence-corrected chi connectivity index (χ2v) is 5.54. The van der Waals surface area contributed by atoms with Gasteiger partial charge < -0.3 is 11.6 Å². The number of nitrogen functional groups attached to an aromatic ring is 1. The zero-order chi connectivity index (χ0) is 15.6. The molecule has 22 heavy (non-hydrogen) atoms. The van der Waals surface area contributed by atoms with Gasteiger partial charge in [-0.15, -0.1) is 5.11 Å². The quantitative estimate of drug-likeness (QED) is 0.246. The van der Waals surface area contributed by atoms with Crippen LogP contribution in [-0.4, -0.2) is 0 Å². The Morgan fingerprint density at radius 1 is 0.682 bits per heavy atom. The lowest BCUT2D eigenvalue weighted by molar-refractivity contribution is 0.640. The highest BCUT2D eigenvalue weighted by atomic mass is 15.3. The van der Waals surface area contributed by atoms with Crippen LogP contribution in [0.25, 0.3) is 0 Å². The van der Waals surface area contributed by atoms with Gasteiger partial charge in [-0.25, -0.2) is 0 Å². The molecule has 0 saturated carbocycles. The van der Waals surface area contributed by atoms with E-state index in [0.29, 0.717) is 0 Å². The minimum absolute atomic E-state index is 0.801. The summed E-state index contributed by atoms with van der Waals surface area (Å²) in [7, 11) is 0. The molecule has 0 fully saturated rings. The lowest BCUT2D eigenvalue weighted by Gasteiger charge is -2.04. The van der Waals surface area contributed by atoms with Gasteiger partial charge in [-0.05, 0) is 61.1 Å². The van der Waals surface area contributed by atoms with Crippen molar-refractivity contribution in [1.29, 1.82) is 0 Å². The summed E-state index contributed by atoms with van der Waals surface area (Å²) < 4.78 is 0. The van der Waals surface area contributed by atoms with E-state index >= 15 is 0 Å². The number of rotatable bonds is 8. The van der Waals surface area contributed by atoms with Crippen molar-refractivity contribution in [2.24, 2.45) is 16.2 Å². The van der Waals surface area contributed by atoms with Crippen LogP contribution in [-0.2, 0) is 12.8 Å². The largest absolute Gasteiger partial charge is 0.399 e. The van der Waals surface area contributed by atoms with Crippen LogP contribution in [0.3, 0.4) is 0 Å². The molecule has 0 aliphatic rings. The van der Waals surface area contributed by atoms with Crippen LogP contribution in [0, 0.1) is 0 Å². The number of unbranched alkanes of at least 4 members (excludes halogenated alkanes) is 3. The van der Waals surface area contributed by atoms with Crippen molar-refractivity contribution in [2.75, 3.05) is 5.73 Å². The Morgan fingerprint density at radius 3 is 1.68 bits per heavy atom. The maximum absolute atomic E-state index is 5.69. The molecule has 0 spiro atoms. The molecule has 0 unspecified atom stereocenters. The van der Waals surface area contributed by atoms with Gasteiger partial charge in [0.15, 0.2) is 0 Å². The molecule has 116 valence electrons. The molecule has 4 heteroatoms. The molecule has 2 aromatic carbocycles. The SMILES string of the molecule is NN=Nc1ccc(CCCCCCc2ccc(N)cc2)cc1. The Bertz CT molecular complexity index is 573. The fourth-order valence-electron chi connectivity index (χ4n) is 2.49. The Morgan fingerprint density at radius 2 is 1.18 bits per heavy atom.